The van der Waals surface area contributed by atoms with Gasteiger partial charge in [-0.05, 0) is 50.5 Å². The number of carboxylic acid groups (broad SMARTS) is 1. The zero-order valence-electron chi connectivity index (χ0n) is 14.3. The summed E-state index contributed by atoms with van der Waals surface area (Å²) in [6.07, 6.45) is 2.60. The van der Waals surface area contributed by atoms with Crippen molar-refractivity contribution in [1.82, 2.24) is 5.32 Å². The minimum atomic E-state index is -0.829. The molecule has 2 fully saturated rings. The molecule has 1 aromatic rings. The number of hydrogen-bond donors (Lipinski definition) is 2. The van der Waals surface area contributed by atoms with Crippen LogP contribution in [0.4, 0.5) is 0 Å². The smallest absolute Gasteiger partial charge is 0.307 e. The molecule has 0 heterocycles. The number of nitrogens with one attached hydrogen (secondary N) is 1. The Balaban J connectivity index is 1.69. The molecule has 3 rings (SSSR count). The van der Waals surface area contributed by atoms with Crippen molar-refractivity contribution in [1.29, 1.82) is 0 Å². The van der Waals surface area contributed by atoms with Crippen LogP contribution in [0.2, 0.25) is 0 Å². The lowest BCUT2D eigenvalue weighted by Gasteiger charge is -2.26. The van der Waals surface area contributed by atoms with E-state index in [9.17, 15) is 14.7 Å². The standard InChI is InChI=1S/C20H25NO3/c1-12(2)16-14-8-9-15(16)18(20(23)24)17(14)19(22)21-11-10-13-6-4-3-5-7-13/h3-7,14-15,17-18H,8-11H2,1-2H3,(H,21,22)(H,23,24)/t14-,15-,17+,18+/m1/s1. The van der Waals surface area contributed by atoms with Gasteiger partial charge in [-0.25, -0.2) is 0 Å². The lowest BCUT2D eigenvalue weighted by Crippen LogP contribution is -2.41. The third-order valence-corrected chi connectivity index (χ3v) is 5.56. The van der Waals surface area contributed by atoms with Gasteiger partial charge in [0.15, 0.2) is 0 Å². The molecule has 4 nitrogen and oxygen atoms in total. The fourth-order valence-corrected chi connectivity index (χ4v) is 4.70. The van der Waals surface area contributed by atoms with E-state index in [1.54, 1.807) is 0 Å². The summed E-state index contributed by atoms with van der Waals surface area (Å²) < 4.78 is 0. The molecule has 0 unspecified atom stereocenters. The molecule has 4 atom stereocenters. The molecule has 2 aliphatic carbocycles. The van der Waals surface area contributed by atoms with E-state index >= 15 is 0 Å². The normalized spacial score (nSPS) is 28.0. The topological polar surface area (TPSA) is 66.4 Å². The van der Waals surface area contributed by atoms with Crippen LogP contribution in [0.25, 0.3) is 0 Å². The Hall–Kier alpha value is -2.10. The SMILES string of the molecule is CC(C)=C1[C@H]2CC[C@H]1[C@H](C(=O)NCCc1ccccc1)[C@H]2C(=O)O. The molecule has 1 amide bonds. The van der Waals surface area contributed by atoms with Crippen molar-refractivity contribution in [3.05, 3.63) is 47.0 Å². The Labute approximate surface area is 143 Å². The highest BCUT2D eigenvalue weighted by Crippen LogP contribution is 2.57. The van der Waals surface area contributed by atoms with E-state index in [0.717, 1.165) is 19.3 Å². The van der Waals surface area contributed by atoms with Gasteiger partial charge < -0.3 is 10.4 Å². The van der Waals surface area contributed by atoms with Gasteiger partial charge in [-0.2, -0.15) is 0 Å². The second-order valence-electron chi connectivity index (χ2n) is 7.16. The number of carbonyl (C=O) groups excluding carboxylic acids is 1. The zero-order valence-corrected chi connectivity index (χ0v) is 14.3. The van der Waals surface area contributed by atoms with Crippen LogP contribution in [0, 0.1) is 23.7 Å². The molecule has 0 saturated heterocycles. The summed E-state index contributed by atoms with van der Waals surface area (Å²) in [5.41, 5.74) is 3.59. The van der Waals surface area contributed by atoms with Gasteiger partial charge in [0, 0.05) is 6.54 Å². The van der Waals surface area contributed by atoms with Crippen LogP contribution in [-0.2, 0) is 16.0 Å². The van der Waals surface area contributed by atoms with E-state index in [1.807, 2.05) is 44.2 Å². The number of rotatable bonds is 5. The highest BCUT2D eigenvalue weighted by molar-refractivity contribution is 5.87. The van der Waals surface area contributed by atoms with Crippen LogP contribution in [0.15, 0.2) is 41.5 Å². The maximum atomic E-state index is 12.7. The van der Waals surface area contributed by atoms with Crippen molar-refractivity contribution in [2.24, 2.45) is 23.7 Å². The summed E-state index contributed by atoms with van der Waals surface area (Å²) >= 11 is 0. The number of benzene rings is 1. The van der Waals surface area contributed by atoms with E-state index in [2.05, 4.69) is 5.32 Å². The van der Waals surface area contributed by atoms with Crippen LogP contribution >= 0.6 is 0 Å². The number of fused-ring (bicyclic) bond motifs is 2. The van der Waals surface area contributed by atoms with Crippen LogP contribution in [0.5, 0.6) is 0 Å². The van der Waals surface area contributed by atoms with Crippen LogP contribution in [-0.4, -0.2) is 23.5 Å². The average Bonchev–Trinajstić information content (AvgIpc) is 3.11. The van der Waals surface area contributed by atoms with Gasteiger partial charge in [0.1, 0.15) is 0 Å². The molecule has 24 heavy (non-hydrogen) atoms. The predicted octanol–water partition coefficient (Wildman–Crippen LogP) is 3.04. The molecule has 4 heteroatoms. The van der Waals surface area contributed by atoms with Gasteiger partial charge in [0.05, 0.1) is 11.8 Å². The van der Waals surface area contributed by atoms with Crippen molar-refractivity contribution in [3.8, 4) is 0 Å². The Morgan fingerprint density at radius 2 is 1.71 bits per heavy atom. The number of carboxylic acids is 1. The first-order valence-corrected chi connectivity index (χ1v) is 8.72. The molecular weight excluding hydrogens is 302 g/mol. The number of amides is 1. The van der Waals surface area contributed by atoms with Gasteiger partial charge >= 0.3 is 5.97 Å². The summed E-state index contributed by atoms with van der Waals surface area (Å²) in [4.78, 5) is 24.5. The minimum absolute atomic E-state index is 0.0439. The molecular formula is C20H25NO3. The monoisotopic (exact) mass is 327 g/mol. The number of hydrogen-bond acceptors (Lipinski definition) is 2. The third kappa shape index (κ3) is 2.97. The number of carbonyl (C=O) groups is 2. The first kappa shape index (κ1) is 16.7. The number of allylic oxidation sites excluding steroid dienone is 2. The Morgan fingerprint density at radius 1 is 1.08 bits per heavy atom. The lowest BCUT2D eigenvalue weighted by molar-refractivity contribution is -0.149. The number of aliphatic carboxylic acids is 1. The Bertz CT molecular complexity index is 661. The van der Waals surface area contributed by atoms with Gasteiger partial charge in [0.25, 0.3) is 0 Å². The molecule has 2 aliphatic rings. The third-order valence-electron chi connectivity index (χ3n) is 5.56. The summed E-state index contributed by atoms with van der Waals surface area (Å²) in [7, 11) is 0. The molecule has 1 aromatic carbocycles. The van der Waals surface area contributed by atoms with Gasteiger partial charge in [-0.1, -0.05) is 41.5 Å². The molecule has 0 radical (unpaired) electrons. The van der Waals surface area contributed by atoms with E-state index in [-0.39, 0.29) is 17.7 Å². The highest BCUT2D eigenvalue weighted by atomic mass is 16.4. The van der Waals surface area contributed by atoms with Gasteiger partial charge in [-0.3, -0.25) is 9.59 Å². The largest absolute Gasteiger partial charge is 0.481 e. The molecule has 2 bridgehead atoms. The average molecular weight is 327 g/mol. The van der Waals surface area contributed by atoms with Gasteiger partial charge in [0.2, 0.25) is 5.91 Å². The molecule has 0 aromatic heterocycles. The van der Waals surface area contributed by atoms with Crippen molar-refractivity contribution < 1.29 is 14.7 Å². The molecule has 128 valence electrons. The first-order chi connectivity index (χ1) is 11.5. The zero-order chi connectivity index (χ0) is 17.3. The maximum absolute atomic E-state index is 12.7. The van der Waals surface area contributed by atoms with Gasteiger partial charge in [-0.15, -0.1) is 0 Å². The Kier molecular flexibility index (Phi) is 4.74. The minimum Gasteiger partial charge on any atom is -0.481 e. The van der Waals surface area contributed by atoms with Crippen molar-refractivity contribution in [2.75, 3.05) is 6.54 Å². The summed E-state index contributed by atoms with van der Waals surface area (Å²) in [6, 6.07) is 10.00. The molecule has 2 saturated carbocycles. The molecule has 0 aliphatic heterocycles. The van der Waals surface area contributed by atoms with E-state index in [1.165, 1.54) is 16.7 Å². The van der Waals surface area contributed by atoms with Crippen LogP contribution in [0.1, 0.15) is 32.3 Å². The lowest BCUT2D eigenvalue weighted by atomic mass is 9.78. The predicted molar refractivity (Wildman–Crippen MR) is 92.4 cm³/mol. The van der Waals surface area contributed by atoms with Crippen molar-refractivity contribution in [3.63, 3.8) is 0 Å². The van der Waals surface area contributed by atoms with Crippen LogP contribution < -0.4 is 5.32 Å². The van der Waals surface area contributed by atoms with Crippen molar-refractivity contribution >= 4 is 11.9 Å². The summed E-state index contributed by atoms with van der Waals surface area (Å²) in [5, 5.41) is 12.6. The second-order valence-corrected chi connectivity index (χ2v) is 7.16. The molecule has 0 spiro atoms. The second kappa shape index (κ2) is 6.80. The fourth-order valence-electron chi connectivity index (χ4n) is 4.70. The molecule has 2 N–H and O–H groups in total. The van der Waals surface area contributed by atoms with E-state index in [4.69, 9.17) is 0 Å². The van der Waals surface area contributed by atoms with Crippen molar-refractivity contribution in [2.45, 2.75) is 33.1 Å². The first-order valence-electron chi connectivity index (χ1n) is 8.72. The maximum Gasteiger partial charge on any atom is 0.307 e. The van der Waals surface area contributed by atoms with E-state index < -0.39 is 17.8 Å². The summed E-state index contributed by atoms with van der Waals surface area (Å²) in [5.74, 6) is -1.75. The summed E-state index contributed by atoms with van der Waals surface area (Å²) in [6.45, 7) is 4.62. The van der Waals surface area contributed by atoms with Crippen LogP contribution in [0.3, 0.4) is 0 Å². The fraction of sp³-hybridized carbons (Fsp3) is 0.500. The Morgan fingerprint density at radius 3 is 2.29 bits per heavy atom. The quantitative estimate of drug-likeness (QED) is 0.817. The highest BCUT2D eigenvalue weighted by Gasteiger charge is 2.57. The van der Waals surface area contributed by atoms with E-state index in [0.29, 0.717) is 6.54 Å².